The van der Waals surface area contributed by atoms with Crippen molar-refractivity contribution in [1.82, 2.24) is 15.1 Å². The van der Waals surface area contributed by atoms with Gasteiger partial charge in [0.15, 0.2) is 0 Å². The van der Waals surface area contributed by atoms with Crippen LogP contribution in [0.3, 0.4) is 0 Å². The highest BCUT2D eigenvalue weighted by Gasteiger charge is 2.09. The van der Waals surface area contributed by atoms with Crippen molar-refractivity contribution in [1.29, 1.82) is 0 Å². The summed E-state index contributed by atoms with van der Waals surface area (Å²) in [6.07, 6.45) is 0. The van der Waals surface area contributed by atoms with Gasteiger partial charge >= 0.3 is 0 Å². The molecule has 0 aliphatic heterocycles. The molecule has 2 aromatic carbocycles. The minimum Gasteiger partial charge on any atom is -0.497 e. The van der Waals surface area contributed by atoms with Crippen molar-refractivity contribution < 1.29 is 9.53 Å². The molecule has 138 valence electrons. The van der Waals surface area contributed by atoms with Crippen molar-refractivity contribution in [3.05, 3.63) is 81.6 Å². The summed E-state index contributed by atoms with van der Waals surface area (Å²) < 4.78 is 6.35. The number of carbonyl (C=O) groups is 1. The van der Waals surface area contributed by atoms with Crippen molar-refractivity contribution in [2.24, 2.45) is 0 Å². The standard InChI is InChI=1S/C20H18ClN3O3/c1-27-17-4-2-3-15(11-17)18-9-10-20(26)24(23-18)13-19(25)22-12-14-5-7-16(21)8-6-14/h2-11H,12-13H2,1H3,(H,22,25). The third-order valence-electron chi connectivity index (χ3n) is 3.93. The summed E-state index contributed by atoms with van der Waals surface area (Å²) in [5.74, 6) is 0.384. The number of amides is 1. The number of ether oxygens (including phenoxy) is 1. The van der Waals surface area contributed by atoms with Gasteiger partial charge in [-0.15, -0.1) is 0 Å². The quantitative estimate of drug-likeness (QED) is 0.710. The van der Waals surface area contributed by atoms with Crippen molar-refractivity contribution in [2.45, 2.75) is 13.1 Å². The maximum atomic E-state index is 12.2. The first-order valence-electron chi connectivity index (χ1n) is 8.29. The molecule has 6 nitrogen and oxygen atoms in total. The molecule has 3 aromatic rings. The maximum absolute atomic E-state index is 12.2. The van der Waals surface area contributed by atoms with Crippen LogP contribution >= 0.6 is 11.6 Å². The number of carbonyl (C=O) groups excluding carboxylic acids is 1. The second kappa shape index (κ2) is 8.51. The number of nitrogens with one attached hydrogen (secondary N) is 1. The second-order valence-electron chi connectivity index (χ2n) is 5.85. The molecule has 0 saturated carbocycles. The predicted octanol–water partition coefficient (Wildman–Crippen LogP) is 2.89. The topological polar surface area (TPSA) is 73.2 Å². The Labute approximate surface area is 161 Å². The molecule has 0 spiro atoms. The third-order valence-corrected chi connectivity index (χ3v) is 4.18. The van der Waals surface area contributed by atoms with Crippen LogP contribution in [0.25, 0.3) is 11.3 Å². The van der Waals surface area contributed by atoms with Crippen LogP contribution in [0.15, 0.2) is 65.5 Å². The molecule has 1 heterocycles. The third kappa shape index (κ3) is 4.95. The van der Waals surface area contributed by atoms with Crippen LogP contribution in [0.2, 0.25) is 5.02 Å². The summed E-state index contributed by atoms with van der Waals surface area (Å²) in [7, 11) is 1.58. The zero-order chi connectivity index (χ0) is 19.2. The molecule has 0 fully saturated rings. The highest BCUT2D eigenvalue weighted by atomic mass is 35.5. The second-order valence-corrected chi connectivity index (χ2v) is 6.29. The summed E-state index contributed by atoms with van der Waals surface area (Å²) in [5.41, 5.74) is 1.95. The summed E-state index contributed by atoms with van der Waals surface area (Å²) in [6, 6.07) is 17.5. The van der Waals surface area contributed by atoms with Crippen LogP contribution in [0, 0.1) is 0 Å². The zero-order valence-electron chi connectivity index (χ0n) is 14.7. The van der Waals surface area contributed by atoms with Gasteiger partial charge in [-0.25, -0.2) is 4.68 Å². The van der Waals surface area contributed by atoms with Gasteiger partial charge in [0.25, 0.3) is 5.56 Å². The Kier molecular flexibility index (Phi) is 5.88. The zero-order valence-corrected chi connectivity index (χ0v) is 15.4. The largest absolute Gasteiger partial charge is 0.497 e. The first-order chi connectivity index (χ1) is 13.0. The van der Waals surface area contributed by atoms with Crippen LogP contribution in [-0.4, -0.2) is 22.8 Å². The molecular weight excluding hydrogens is 366 g/mol. The fourth-order valence-electron chi connectivity index (χ4n) is 2.49. The minimum atomic E-state index is -0.344. The molecule has 0 saturated heterocycles. The average Bonchev–Trinajstić information content (AvgIpc) is 2.69. The van der Waals surface area contributed by atoms with Gasteiger partial charge in [0.05, 0.1) is 12.8 Å². The Morgan fingerprint density at radius 2 is 1.93 bits per heavy atom. The predicted molar refractivity (Wildman–Crippen MR) is 104 cm³/mol. The summed E-state index contributed by atoms with van der Waals surface area (Å²) in [5, 5.41) is 7.70. The molecule has 1 N–H and O–H groups in total. The van der Waals surface area contributed by atoms with E-state index in [9.17, 15) is 9.59 Å². The number of halogens is 1. The number of benzene rings is 2. The smallest absolute Gasteiger partial charge is 0.267 e. The highest BCUT2D eigenvalue weighted by molar-refractivity contribution is 6.30. The molecule has 0 aliphatic rings. The van der Waals surface area contributed by atoms with Crippen molar-refractivity contribution >= 4 is 17.5 Å². The number of nitrogens with zero attached hydrogens (tertiary/aromatic N) is 2. The van der Waals surface area contributed by atoms with Gasteiger partial charge in [-0.2, -0.15) is 5.10 Å². The first kappa shape index (κ1) is 18.7. The summed E-state index contributed by atoms with van der Waals surface area (Å²) in [6.45, 7) is 0.185. The van der Waals surface area contributed by atoms with E-state index >= 15 is 0 Å². The van der Waals surface area contributed by atoms with Gasteiger partial charge in [0.2, 0.25) is 5.91 Å². The van der Waals surface area contributed by atoms with Crippen LogP contribution < -0.4 is 15.6 Å². The van der Waals surface area contributed by atoms with Gasteiger partial charge in [0.1, 0.15) is 12.3 Å². The fraction of sp³-hybridized carbons (Fsp3) is 0.150. The number of hydrogen-bond acceptors (Lipinski definition) is 4. The molecular formula is C20H18ClN3O3. The van der Waals surface area contributed by atoms with Gasteiger partial charge in [-0.3, -0.25) is 9.59 Å². The van der Waals surface area contributed by atoms with Crippen LogP contribution in [0.5, 0.6) is 5.75 Å². The van der Waals surface area contributed by atoms with Crippen molar-refractivity contribution in [2.75, 3.05) is 7.11 Å². The van der Waals surface area contributed by atoms with E-state index in [2.05, 4.69) is 10.4 Å². The van der Waals surface area contributed by atoms with E-state index in [0.29, 0.717) is 23.0 Å². The molecule has 0 atom stereocenters. The Balaban J connectivity index is 1.71. The maximum Gasteiger partial charge on any atom is 0.267 e. The molecule has 0 unspecified atom stereocenters. The Hall–Kier alpha value is -3.12. The van der Waals surface area contributed by atoms with Crippen molar-refractivity contribution in [3.8, 4) is 17.0 Å². The van der Waals surface area contributed by atoms with Gasteiger partial charge < -0.3 is 10.1 Å². The van der Waals surface area contributed by atoms with E-state index < -0.39 is 0 Å². The number of hydrogen-bond donors (Lipinski definition) is 1. The molecule has 0 bridgehead atoms. The van der Waals surface area contributed by atoms with Crippen LogP contribution in [-0.2, 0) is 17.9 Å². The summed E-state index contributed by atoms with van der Waals surface area (Å²) in [4.78, 5) is 24.3. The number of methoxy groups -OCH3 is 1. The van der Waals surface area contributed by atoms with Crippen LogP contribution in [0.1, 0.15) is 5.56 Å². The Morgan fingerprint density at radius 1 is 1.15 bits per heavy atom. The van der Waals surface area contributed by atoms with Crippen LogP contribution in [0.4, 0.5) is 0 Å². The monoisotopic (exact) mass is 383 g/mol. The van der Waals surface area contributed by atoms with E-state index in [1.54, 1.807) is 25.3 Å². The van der Waals surface area contributed by atoms with E-state index in [0.717, 1.165) is 15.8 Å². The van der Waals surface area contributed by atoms with E-state index in [-0.39, 0.29) is 18.0 Å². The van der Waals surface area contributed by atoms with E-state index in [1.165, 1.54) is 6.07 Å². The lowest BCUT2D eigenvalue weighted by atomic mass is 10.1. The van der Waals surface area contributed by atoms with E-state index in [4.69, 9.17) is 16.3 Å². The molecule has 0 aliphatic carbocycles. The Bertz CT molecular complexity index is 1000. The fourth-order valence-corrected chi connectivity index (χ4v) is 2.62. The summed E-state index contributed by atoms with van der Waals surface area (Å²) >= 11 is 5.84. The Morgan fingerprint density at radius 3 is 2.67 bits per heavy atom. The normalized spacial score (nSPS) is 10.4. The average molecular weight is 384 g/mol. The minimum absolute atomic E-state index is 0.162. The lowest BCUT2D eigenvalue weighted by Crippen LogP contribution is -2.33. The molecule has 1 aromatic heterocycles. The number of aromatic nitrogens is 2. The number of rotatable bonds is 6. The van der Waals surface area contributed by atoms with Gasteiger partial charge in [-0.05, 0) is 35.9 Å². The van der Waals surface area contributed by atoms with E-state index in [1.807, 2.05) is 36.4 Å². The lowest BCUT2D eigenvalue weighted by molar-refractivity contribution is -0.122. The molecule has 0 radical (unpaired) electrons. The lowest BCUT2D eigenvalue weighted by Gasteiger charge is -2.09. The van der Waals surface area contributed by atoms with Gasteiger partial charge in [0, 0.05) is 23.2 Å². The van der Waals surface area contributed by atoms with Crippen molar-refractivity contribution in [3.63, 3.8) is 0 Å². The highest BCUT2D eigenvalue weighted by Crippen LogP contribution is 2.21. The molecule has 7 heteroatoms. The first-order valence-corrected chi connectivity index (χ1v) is 8.67. The molecule has 1 amide bonds. The SMILES string of the molecule is COc1cccc(-c2ccc(=O)n(CC(=O)NCc3ccc(Cl)cc3)n2)c1. The van der Waals surface area contributed by atoms with Gasteiger partial charge in [-0.1, -0.05) is 35.9 Å². The molecule has 3 rings (SSSR count). The molecule has 27 heavy (non-hydrogen) atoms.